The first-order valence-electron chi connectivity index (χ1n) is 5.28. The molecule has 1 saturated heterocycles. The van der Waals surface area contributed by atoms with Gasteiger partial charge in [-0.3, -0.25) is 0 Å². The first-order valence-corrected chi connectivity index (χ1v) is 7.51. The van der Waals surface area contributed by atoms with Gasteiger partial charge in [-0.1, -0.05) is 18.2 Å². The molecule has 0 spiro atoms. The van der Waals surface area contributed by atoms with Gasteiger partial charge in [-0.25, -0.2) is 8.42 Å². The number of hydrogen-bond donors (Lipinski definition) is 1. The largest absolute Gasteiger partial charge is 0.466 e. The van der Waals surface area contributed by atoms with E-state index in [1.54, 1.807) is 0 Å². The van der Waals surface area contributed by atoms with Crippen LogP contribution in [0.1, 0.15) is 6.42 Å². The molecule has 4 nitrogen and oxygen atoms in total. The first-order chi connectivity index (χ1) is 8.05. The summed E-state index contributed by atoms with van der Waals surface area (Å²) < 4.78 is 27.9. The minimum atomic E-state index is -2.93. The van der Waals surface area contributed by atoms with Crippen molar-refractivity contribution in [3.63, 3.8) is 0 Å². The number of benzene rings is 1. The highest BCUT2D eigenvalue weighted by molar-refractivity contribution is 7.91. The van der Waals surface area contributed by atoms with E-state index in [4.69, 9.17) is 17.0 Å². The highest BCUT2D eigenvalue weighted by Gasteiger charge is 2.29. The van der Waals surface area contributed by atoms with Crippen molar-refractivity contribution in [2.45, 2.75) is 12.5 Å². The lowest BCUT2D eigenvalue weighted by molar-refractivity contribution is 0.221. The Morgan fingerprint density at radius 2 is 2.06 bits per heavy atom. The summed E-state index contributed by atoms with van der Waals surface area (Å²) in [6.07, 6.45) is 0.197. The Bertz CT molecular complexity index is 499. The molecule has 0 amide bonds. The Labute approximate surface area is 106 Å². The molecule has 2 rings (SSSR count). The quantitative estimate of drug-likeness (QED) is 0.828. The maximum Gasteiger partial charge on any atom is 0.261 e. The molecule has 92 valence electrons. The molecule has 0 saturated carbocycles. The third-order valence-corrected chi connectivity index (χ3v) is 4.42. The van der Waals surface area contributed by atoms with E-state index >= 15 is 0 Å². The van der Waals surface area contributed by atoms with E-state index in [0.717, 1.165) is 5.69 Å². The molecule has 0 bridgehead atoms. The number of nitrogens with one attached hydrogen (secondary N) is 1. The van der Waals surface area contributed by atoms with Crippen molar-refractivity contribution in [1.82, 2.24) is 0 Å². The van der Waals surface area contributed by atoms with Gasteiger partial charge >= 0.3 is 0 Å². The number of rotatable bonds is 2. The average Bonchev–Trinajstić information content (AvgIpc) is 2.59. The molecule has 1 aliphatic rings. The van der Waals surface area contributed by atoms with Crippen molar-refractivity contribution < 1.29 is 13.2 Å². The van der Waals surface area contributed by atoms with E-state index in [0.29, 0.717) is 6.42 Å². The highest BCUT2D eigenvalue weighted by atomic mass is 32.2. The normalized spacial score (nSPS) is 22.0. The molecule has 0 radical (unpaired) electrons. The molecule has 17 heavy (non-hydrogen) atoms. The molecule has 6 heteroatoms. The minimum Gasteiger partial charge on any atom is -0.466 e. The fourth-order valence-electron chi connectivity index (χ4n) is 1.67. The molecule has 1 aromatic rings. The SMILES string of the molecule is O=S1(=O)CC[C@H](OC(=S)Nc2ccccc2)C1. The van der Waals surface area contributed by atoms with E-state index in [2.05, 4.69) is 5.32 Å². The van der Waals surface area contributed by atoms with Crippen LogP contribution in [0.5, 0.6) is 0 Å². The van der Waals surface area contributed by atoms with Crippen LogP contribution in [0.15, 0.2) is 30.3 Å². The Kier molecular flexibility index (Phi) is 3.63. The van der Waals surface area contributed by atoms with Gasteiger partial charge in [0.25, 0.3) is 5.17 Å². The van der Waals surface area contributed by atoms with Crippen LogP contribution < -0.4 is 5.32 Å². The fourth-order valence-corrected chi connectivity index (χ4v) is 3.52. The van der Waals surface area contributed by atoms with Crippen molar-refractivity contribution in [3.8, 4) is 0 Å². The van der Waals surface area contributed by atoms with Crippen molar-refractivity contribution >= 4 is 32.9 Å². The number of para-hydroxylation sites is 1. The minimum absolute atomic E-state index is 0.0591. The molecule has 1 atom stereocenters. The van der Waals surface area contributed by atoms with Crippen molar-refractivity contribution in [2.24, 2.45) is 0 Å². The van der Waals surface area contributed by atoms with Crippen LogP contribution in [-0.2, 0) is 14.6 Å². The molecule has 1 N–H and O–H groups in total. The van der Waals surface area contributed by atoms with Gasteiger partial charge in [0.1, 0.15) is 6.10 Å². The zero-order valence-electron chi connectivity index (χ0n) is 9.13. The number of hydrogen-bond acceptors (Lipinski definition) is 4. The Morgan fingerprint density at radius 3 is 2.65 bits per heavy atom. The second-order valence-corrected chi connectivity index (χ2v) is 6.52. The summed E-state index contributed by atoms with van der Waals surface area (Å²) in [5.41, 5.74) is 0.832. The van der Waals surface area contributed by atoms with Crippen LogP contribution in [0.3, 0.4) is 0 Å². The van der Waals surface area contributed by atoms with Crippen LogP contribution in [0.4, 0.5) is 5.69 Å². The van der Waals surface area contributed by atoms with Crippen LogP contribution in [-0.4, -0.2) is 31.2 Å². The zero-order valence-corrected chi connectivity index (χ0v) is 10.8. The molecule has 0 unspecified atom stereocenters. The van der Waals surface area contributed by atoms with E-state index in [1.807, 2.05) is 30.3 Å². The van der Waals surface area contributed by atoms with Gasteiger partial charge in [-0.15, -0.1) is 0 Å². The van der Waals surface area contributed by atoms with Crippen LogP contribution >= 0.6 is 12.2 Å². The predicted molar refractivity (Wildman–Crippen MR) is 70.8 cm³/mol. The number of anilines is 1. The first kappa shape index (κ1) is 12.3. The average molecular weight is 271 g/mol. The van der Waals surface area contributed by atoms with E-state index < -0.39 is 9.84 Å². The third-order valence-electron chi connectivity index (χ3n) is 2.48. The standard InChI is InChI=1S/C11H13NO3S2/c13-17(14)7-6-10(8-17)15-11(16)12-9-4-2-1-3-5-9/h1-5,10H,6-8H2,(H,12,16)/t10-/m0/s1. The molecule has 0 aliphatic carbocycles. The van der Waals surface area contributed by atoms with E-state index in [-0.39, 0.29) is 22.8 Å². The summed E-state index contributed by atoms with van der Waals surface area (Å²) in [5.74, 6) is 0.245. The summed E-state index contributed by atoms with van der Waals surface area (Å²) in [5, 5.41) is 3.13. The number of sulfone groups is 1. The second-order valence-electron chi connectivity index (χ2n) is 3.92. The molecule has 1 heterocycles. The summed E-state index contributed by atoms with van der Waals surface area (Å²) in [6.45, 7) is 0. The topological polar surface area (TPSA) is 55.4 Å². The molecular weight excluding hydrogens is 258 g/mol. The smallest absolute Gasteiger partial charge is 0.261 e. The van der Waals surface area contributed by atoms with Gasteiger partial charge in [0, 0.05) is 5.69 Å². The van der Waals surface area contributed by atoms with Crippen molar-refractivity contribution in [1.29, 1.82) is 0 Å². The highest BCUT2D eigenvalue weighted by Crippen LogP contribution is 2.16. The molecular formula is C11H13NO3S2. The fraction of sp³-hybridized carbons (Fsp3) is 0.364. The van der Waals surface area contributed by atoms with Gasteiger partial charge < -0.3 is 10.1 Å². The number of ether oxygens (including phenoxy) is 1. The zero-order chi connectivity index (χ0) is 12.3. The van der Waals surface area contributed by atoms with Crippen molar-refractivity contribution in [2.75, 3.05) is 16.8 Å². The second kappa shape index (κ2) is 5.01. The molecule has 1 aromatic carbocycles. The lowest BCUT2D eigenvalue weighted by atomic mass is 10.3. The van der Waals surface area contributed by atoms with Crippen LogP contribution in [0.25, 0.3) is 0 Å². The Morgan fingerprint density at radius 1 is 1.35 bits per heavy atom. The summed E-state index contributed by atoms with van der Waals surface area (Å²) in [4.78, 5) is 0. The van der Waals surface area contributed by atoms with Gasteiger partial charge in [-0.05, 0) is 30.8 Å². The van der Waals surface area contributed by atoms with Gasteiger partial charge in [0.15, 0.2) is 9.84 Å². The van der Waals surface area contributed by atoms with Crippen molar-refractivity contribution in [3.05, 3.63) is 30.3 Å². The molecule has 0 aromatic heterocycles. The summed E-state index contributed by atoms with van der Waals surface area (Å²) in [6, 6.07) is 9.39. The Balaban J connectivity index is 1.87. The molecule has 1 fully saturated rings. The van der Waals surface area contributed by atoms with Crippen LogP contribution in [0.2, 0.25) is 0 Å². The van der Waals surface area contributed by atoms with E-state index in [1.165, 1.54) is 0 Å². The molecule has 1 aliphatic heterocycles. The summed E-state index contributed by atoms with van der Waals surface area (Å²) in [7, 11) is -2.93. The lowest BCUT2D eigenvalue weighted by Crippen LogP contribution is -2.23. The predicted octanol–water partition coefficient (Wildman–Crippen LogP) is 1.59. The monoisotopic (exact) mass is 271 g/mol. The van der Waals surface area contributed by atoms with E-state index in [9.17, 15) is 8.42 Å². The maximum absolute atomic E-state index is 11.2. The maximum atomic E-state index is 11.2. The van der Waals surface area contributed by atoms with Gasteiger partial charge in [0.05, 0.1) is 11.5 Å². The van der Waals surface area contributed by atoms with Gasteiger partial charge in [-0.2, -0.15) is 0 Å². The third kappa shape index (κ3) is 3.67. The number of thiocarbonyl (C=S) groups is 1. The Hall–Kier alpha value is -1.14. The van der Waals surface area contributed by atoms with Gasteiger partial charge in [0.2, 0.25) is 0 Å². The van der Waals surface area contributed by atoms with Crippen LogP contribution in [0, 0.1) is 0 Å². The lowest BCUT2D eigenvalue weighted by Gasteiger charge is -2.13. The summed E-state index contributed by atoms with van der Waals surface area (Å²) >= 11 is 5.02.